The molecule has 2 rings (SSSR count). The average molecular weight is 180 g/mol. The van der Waals surface area contributed by atoms with E-state index < -0.39 is 0 Å². The maximum Gasteiger partial charge on any atom is 0.116 e. The van der Waals surface area contributed by atoms with Gasteiger partial charge in [-0.25, -0.2) is 0 Å². The summed E-state index contributed by atoms with van der Waals surface area (Å²) in [5.74, 6) is 0. The van der Waals surface area contributed by atoms with Crippen molar-refractivity contribution >= 4 is 0 Å². The molecule has 2 fully saturated rings. The summed E-state index contributed by atoms with van der Waals surface area (Å²) in [6.45, 7) is 2.04. The van der Waals surface area contributed by atoms with Gasteiger partial charge in [-0.15, -0.1) is 0 Å². The summed E-state index contributed by atoms with van der Waals surface area (Å²) in [6, 6.07) is 3.01. The number of nitrogens with one attached hydrogen (secondary N) is 1. The quantitative estimate of drug-likeness (QED) is 0.706. The summed E-state index contributed by atoms with van der Waals surface area (Å²) in [5, 5.41) is 12.4. The summed E-state index contributed by atoms with van der Waals surface area (Å²) in [7, 11) is 0. The van der Waals surface area contributed by atoms with E-state index in [4.69, 9.17) is 10.00 Å². The first-order valence-electron chi connectivity index (χ1n) is 5.07. The minimum Gasteiger partial charge on any atom is -0.378 e. The number of hydrogen-bond acceptors (Lipinski definition) is 3. The molecule has 0 amide bonds. The van der Waals surface area contributed by atoms with E-state index in [1.807, 2.05) is 0 Å². The van der Waals surface area contributed by atoms with E-state index in [9.17, 15) is 0 Å². The maximum atomic E-state index is 8.94. The number of ether oxygens (including phenoxy) is 1. The van der Waals surface area contributed by atoms with Gasteiger partial charge in [0.05, 0.1) is 19.3 Å². The van der Waals surface area contributed by atoms with Gasteiger partial charge >= 0.3 is 0 Å². The molecule has 1 saturated carbocycles. The second-order valence-electron chi connectivity index (χ2n) is 4.25. The molecule has 1 aliphatic carbocycles. The third-order valence-corrected chi connectivity index (χ3v) is 3.08. The van der Waals surface area contributed by atoms with Gasteiger partial charge in [0, 0.05) is 12.6 Å². The molecule has 0 radical (unpaired) electrons. The van der Waals surface area contributed by atoms with Gasteiger partial charge in [0.1, 0.15) is 5.41 Å². The zero-order valence-corrected chi connectivity index (χ0v) is 7.88. The van der Waals surface area contributed by atoms with Crippen LogP contribution in [0.1, 0.15) is 25.7 Å². The lowest BCUT2D eigenvalue weighted by molar-refractivity contribution is -0.0763. The lowest BCUT2D eigenvalue weighted by atomic mass is 9.87. The van der Waals surface area contributed by atoms with Gasteiger partial charge in [-0.2, -0.15) is 5.26 Å². The van der Waals surface area contributed by atoms with Gasteiger partial charge in [-0.3, -0.25) is 0 Å². The fraction of sp³-hybridized carbons (Fsp3) is 0.900. The highest BCUT2D eigenvalue weighted by Gasteiger charge is 2.39. The first-order chi connectivity index (χ1) is 6.35. The van der Waals surface area contributed by atoms with Gasteiger partial charge in [0.2, 0.25) is 0 Å². The molecule has 3 heteroatoms. The molecule has 0 unspecified atom stereocenters. The largest absolute Gasteiger partial charge is 0.378 e. The minimum atomic E-state index is -0.206. The normalized spacial score (nSPS) is 26.7. The smallest absolute Gasteiger partial charge is 0.116 e. The van der Waals surface area contributed by atoms with E-state index in [0.29, 0.717) is 19.3 Å². The maximum absolute atomic E-state index is 8.94. The number of rotatable bonds is 3. The van der Waals surface area contributed by atoms with Crippen molar-refractivity contribution in [2.75, 3.05) is 19.8 Å². The van der Waals surface area contributed by atoms with Gasteiger partial charge < -0.3 is 10.1 Å². The molecule has 0 aromatic rings. The highest BCUT2D eigenvalue weighted by molar-refractivity contribution is 5.05. The van der Waals surface area contributed by atoms with E-state index in [-0.39, 0.29) is 5.41 Å². The predicted octanol–water partition coefficient (Wildman–Crippen LogP) is 1.06. The SMILES string of the molecule is N#CC1(CNC2CCCC2)COC1. The van der Waals surface area contributed by atoms with Crippen LogP contribution in [0.5, 0.6) is 0 Å². The molecular weight excluding hydrogens is 164 g/mol. The van der Waals surface area contributed by atoms with Crippen LogP contribution in [0.3, 0.4) is 0 Å². The Kier molecular flexibility index (Phi) is 2.52. The summed E-state index contributed by atoms with van der Waals surface area (Å²) < 4.78 is 5.08. The standard InChI is InChI=1S/C10H16N2O/c11-5-10(7-13-8-10)6-12-9-3-1-2-4-9/h9,12H,1-4,6-8H2. The van der Waals surface area contributed by atoms with E-state index >= 15 is 0 Å². The van der Waals surface area contributed by atoms with Crippen molar-refractivity contribution in [2.45, 2.75) is 31.7 Å². The van der Waals surface area contributed by atoms with Crippen molar-refractivity contribution in [1.29, 1.82) is 5.26 Å². The first kappa shape index (κ1) is 8.98. The van der Waals surface area contributed by atoms with Crippen LogP contribution in [0.4, 0.5) is 0 Å². The number of hydrogen-bond donors (Lipinski definition) is 1. The van der Waals surface area contributed by atoms with E-state index in [2.05, 4.69) is 11.4 Å². The fourth-order valence-electron chi connectivity index (χ4n) is 2.02. The van der Waals surface area contributed by atoms with Gasteiger partial charge in [0.25, 0.3) is 0 Å². The minimum absolute atomic E-state index is 0.206. The summed E-state index contributed by atoms with van der Waals surface area (Å²) in [4.78, 5) is 0. The number of nitriles is 1. The van der Waals surface area contributed by atoms with Gasteiger partial charge in [-0.05, 0) is 12.8 Å². The van der Waals surface area contributed by atoms with Crippen LogP contribution >= 0.6 is 0 Å². The highest BCUT2D eigenvalue weighted by Crippen LogP contribution is 2.26. The van der Waals surface area contributed by atoms with Crippen LogP contribution in [-0.2, 0) is 4.74 Å². The van der Waals surface area contributed by atoms with E-state index in [1.165, 1.54) is 25.7 Å². The van der Waals surface area contributed by atoms with Crippen LogP contribution < -0.4 is 5.32 Å². The molecule has 13 heavy (non-hydrogen) atoms. The van der Waals surface area contributed by atoms with Crippen LogP contribution in [0.15, 0.2) is 0 Å². The Balaban J connectivity index is 1.75. The van der Waals surface area contributed by atoms with Crippen LogP contribution in [0.25, 0.3) is 0 Å². The molecule has 1 heterocycles. The molecule has 0 atom stereocenters. The molecule has 2 aliphatic rings. The number of nitrogens with zero attached hydrogens (tertiary/aromatic N) is 1. The summed E-state index contributed by atoms with van der Waals surface area (Å²) >= 11 is 0. The molecule has 3 nitrogen and oxygen atoms in total. The molecule has 1 aliphatic heterocycles. The second kappa shape index (κ2) is 3.65. The Morgan fingerprint density at radius 1 is 1.38 bits per heavy atom. The van der Waals surface area contributed by atoms with Crippen molar-refractivity contribution in [3.63, 3.8) is 0 Å². The lowest BCUT2D eigenvalue weighted by Crippen LogP contribution is -2.50. The van der Waals surface area contributed by atoms with Gasteiger partial charge in [0.15, 0.2) is 0 Å². The Hall–Kier alpha value is -0.590. The van der Waals surface area contributed by atoms with Crippen molar-refractivity contribution < 1.29 is 4.74 Å². The van der Waals surface area contributed by atoms with Crippen molar-refractivity contribution in [2.24, 2.45) is 5.41 Å². The van der Waals surface area contributed by atoms with E-state index in [1.54, 1.807) is 0 Å². The van der Waals surface area contributed by atoms with Crippen molar-refractivity contribution in [3.05, 3.63) is 0 Å². The zero-order valence-electron chi connectivity index (χ0n) is 7.88. The fourth-order valence-corrected chi connectivity index (χ4v) is 2.02. The molecule has 0 aromatic carbocycles. The zero-order chi connectivity index (χ0) is 9.15. The first-order valence-corrected chi connectivity index (χ1v) is 5.07. The molecule has 0 aromatic heterocycles. The Morgan fingerprint density at radius 2 is 2.08 bits per heavy atom. The molecule has 1 N–H and O–H groups in total. The molecule has 0 bridgehead atoms. The molecule has 72 valence electrons. The summed E-state index contributed by atoms with van der Waals surface area (Å²) in [5.41, 5.74) is -0.206. The van der Waals surface area contributed by atoms with Crippen LogP contribution in [0.2, 0.25) is 0 Å². The van der Waals surface area contributed by atoms with Crippen LogP contribution in [-0.4, -0.2) is 25.8 Å². The topological polar surface area (TPSA) is 45.0 Å². The average Bonchev–Trinajstić information content (AvgIpc) is 2.56. The van der Waals surface area contributed by atoms with Crippen LogP contribution in [0, 0.1) is 16.7 Å². The Labute approximate surface area is 79.1 Å². The monoisotopic (exact) mass is 180 g/mol. The van der Waals surface area contributed by atoms with Crippen molar-refractivity contribution in [3.8, 4) is 6.07 Å². The third-order valence-electron chi connectivity index (χ3n) is 3.08. The third kappa shape index (κ3) is 1.84. The molecule has 0 spiro atoms. The molecular formula is C10H16N2O. The summed E-state index contributed by atoms with van der Waals surface area (Å²) in [6.07, 6.45) is 5.24. The highest BCUT2D eigenvalue weighted by atomic mass is 16.5. The Morgan fingerprint density at radius 3 is 2.54 bits per heavy atom. The van der Waals surface area contributed by atoms with E-state index in [0.717, 1.165) is 6.54 Å². The second-order valence-corrected chi connectivity index (χ2v) is 4.25. The predicted molar refractivity (Wildman–Crippen MR) is 49.1 cm³/mol. The molecule has 1 saturated heterocycles. The lowest BCUT2D eigenvalue weighted by Gasteiger charge is -2.36. The Bertz CT molecular complexity index is 211. The van der Waals surface area contributed by atoms with Crippen molar-refractivity contribution in [1.82, 2.24) is 5.32 Å². The van der Waals surface area contributed by atoms with Gasteiger partial charge in [-0.1, -0.05) is 12.8 Å².